The van der Waals surface area contributed by atoms with Crippen molar-refractivity contribution >= 4 is 11.8 Å². The number of carbonyl (C=O) groups is 2. The molecular weight excluding hydrogens is 370 g/mol. The molecule has 7 heteroatoms. The predicted octanol–water partition coefficient (Wildman–Crippen LogP) is 2.21. The first-order valence-electron chi connectivity index (χ1n) is 10.8. The number of pyridine rings is 1. The molecule has 1 aromatic heterocycles. The molecule has 2 saturated heterocycles. The van der Waals surface area contributed by atoms with Gasteiger partial charge in [-0.25, -0.2) is 0 Å². The second kappa shape index (κ2) is 10.6. The van der Waals surface area contributed by atoms with E-state index in [9.17, 15) is 9.59 Å². The number of carbonyl (C=O) groups excluding carboxylic acids is 2. The lowest BCUT2D eigenvalue weighted by Crippen LogP contribution is -2.43. The zero-order valence-corrected chi connectivity index (χ0v) is 17.7. The molecule has 2 aliphatic heterocycles. The minimum atomic E-state index is 0.0110. The van der Waals surface area contributed by atoms with Crippen LogP contribution in [0.4, 0.5) is 0 Å². The lowest BCUT2D eigenvalue weighted by atomic mass is 9.93. The van der Waals surface area contributed by atoms with Crippen LogP contribution in [0.1, 0.15) is 44.0 Å². The van der Waals surface area contributed by atoms with Crippen LogP contribution in [0.2, 0.25) is 0 Å². The van der Waals surface area contributed by atoms with Gasteiger partial charge in [0, 0.05) is 38.3 Å². The molecule has 0 saturated carbocycles. The van der Waals surface area contributed by atoms with Gasteiger partial charge in [0.05, 0.1) is 18.9 Å². The van der Waals surface area contributed by atoms with Crippen LogP contribution in [-0.2, 0) is 20.7 Å². The summed E-state index contributed by atoms with van der Waals surface area (Å²) in [5, 5.41) is 0. The fraction of sp³-hybridized carbons (Fsp3) is 0.682. The lowest BCUT2D eigenvalue weighted by Gasteiger charge is -2.33. The molecule has 3 heterocycles. The number of piperidine rings is 1. The summed E-state index contributed by atoms with van der Waals surface area (Å²) in [5.74, 6) is 1.29. The topological polar surface area (TPSA) is 72.0 Å². The van der Waals surface area contributed by atoms with E-state index < -0.39 is 0 Å². The van der Waals surface area contributed by atoms with Crippen molar-refractivity contribution in [1.29, 1.82) is 0 Å². The Morgan fingerprint density at radius 1 is 1.17 bits per heavy atom. The molecule has 2 fully saturated rings. The van der Waals surface area contributed by atoms with Gasteiger partial charge in [0.15, 0.2) is 6.61 Å². The highest BCUT2D eigenvalue weighted by Gasteiger charge is 2.25. The highest BCUT2D eigenvalue weighted by molar-refractivity contribution is 5.78. The van der Waals surface area contributed by atoms with Gasteiger partial charge in [0.1, 0.15) is 5.75 Å². The minimum Gasteiger partial charge on any atom is -0.482 e. The van der Waals surface area contributed by atoms with E-state index in [2.05, 4.69) is 4.98 Å². The third-order valence-corrected chi connectivity index (χ3v) is 5.76. The Labute approximate surface area is 173 Å². The van der Waals surface area contributed by atoms with Crippen molar-refractivity contribution < 1.29 is 19.1 Å². The van der Waals surface area contributed by atoms with Gasteiger partial charge in [-0.15, -0.1) is 0 Å². The summed E-state index contributed by atoms with van der Waals surface area (Å²) in [6, 6.07) is 3.80. The molecule has 1 atom stereocenters. The standard InChI is InChI=1S/C22H33N3O4/c1-3-19-20(8-6-17(2)23-19)29-16-22(27)25-10-4-5-18(15-25)7-9-21(26)24-11-13-28-14-12-24/h6,8,18H,3-5,7,9-16H2,1-2H3/t18-/m0/s1. The van der Waals surface area contributed by atoms with Crippen molar-refractivity contribution in [3.63, 3.8) is 0 Å². The zero-order valence-electron chi connectivity index (χ0n) is 17.7. The fourth-order valence-corrected chi connectivity index (χ4v) is 4.04. The molecule has 0 bridgehead atoms. The van der Waals surface area contributed by atoms with E-state index in [1.165, 1.54) is 0 Å². The van der Waals surface area contributed by atoms with Gasteiger partial charge in [-0.05, 0) is 50.7 Å². The highest BCUT2D eigenvalue weighted by atomic mass is 16.5. The Hall–Kier alpha value is -2.15. The molecule has 7 nitrogen and oxygen atoms in total. The Morgan fingerprint density at radius 3 is 2.72 bits per heavy atom. The Kier molecular flexibility index (Phi) is 7.86. The van der Waals surface area contributed by atoms with Crippen molar-refractivity contribution in [3.8, 4) is 5.75 Å². The zero-order chi connectivity index (χ0) is 20.6. The number of hydrogen-bond donors (Lipinski definition) is 0. The SMILES string of the molecule is CCc1nc(C)ccc1OCC(=O)N1CCC[C@@H](CCC(=O)N2CCOCC2)C1. The molecule has 0 aromatic carbocycles. The number of morpholine rings is 1. The molecule has 2 amide bonds. The van der Waals surface area contributed by atoms with E-state index >= 15 is 0 Å². The molecule has 29 heavy (non-hydrogen) atoms. The minimum absolute atomic E-state index is 0.0110. The molecule has 0 aliphatic carbocycles. The smallest absolute Gasteiger partial charge is 0.260 e. The van der Waals surface area contributed by atoms with E-state index in [1.807, 2.05) is 35.8 Å². The molecule has 0 radical (unpaired) electrons. The molecule has 1 aromatic rings. The average Bonchev–Trinajstić information content (AvgIpc) is 2.77. The molecule has 0 unspecified atom stereocenters. The van der Waals surface area contributed by atoms with Gasteiger partial charge in [0.2, 0.25) is 5.91 Å². The summed E-state index contributed by atoms with van der Waals surface area (Å²) >= 11 is 0. The number of aryl methyl sites for hydroxylation is 2. The van der Waals surface area contributed by atoms with Crippen LogP contribution >= 0.6 is 0 Å². The van der Waals surface area contributed by atoms with Crippen LogP contribution in [0.5, 0.6) is 5.75 Å². The molecule has 3 rings (SSSR count). The summed E-state index contributed by atoms with van der Waals surface area (Å²) in [6.07, 6.45) is 4.21. The number of aromatic nitrogens is 1. The maximum absolute atomic E-state index is 12.7. The summed E-state index contributed by atoms with van der Waals surface area (Å²) in [7, 11) is 0. The number of likely N-dealkylation sites (tertiary alicyclic amines) is 1. The van der Waals surface area contributed by atoms with Gasteiger partial charge in [-0.2, -0.15) is 0 Å². The van der Waals surface area contributed by atoms with E-state index in [-0.39, 0.29) is 18.4 Å². The quantitative estimate of drug-likeness (QED) is 0.698. The van der Waals surface area contributed by atoms with E-state index in [0.29, 0.717) is 50.9 Å². The second-order valence-corrected chi connectivity index (χ2v) is 7.92. The summed E-state index contributed by atoms with van der Waals surface area (Å²) in [6.45, 7) is 8.15. The first kappa shape index (κ1) is 21.6. The number of hydrogen-bond acceptors (Lipinski definition) is 5. The van der Waals surface area contributed by atoms with E-state index in [0.717, 1.165) is 43.6 Å². The molecule has 160 valence electrons. The monoisotopic (exact) mass is 403 g/mol. The van der Waals surface area contributed by atoms with Crippen molar-refractivity contribution in [3.05, 3.63) is 23.5 Å². The van der Waals surface area contributed by atoms with Gasteiger partial charge < -0.3 is 19.3 Å². The third-order valence-electron chi connectivity index (χ3n) is 5.76. The van der Waals surface area contributed by atoms with Gasteiger partial charge in [0.25, 0.3) is 5.91 Å². The third kappa shape index (κ3) is 6.16. The fourth-order valence-electron chi connectivity index (χ4n) is 4.04. The molecule has 0 spiro atoms. The normalized spacial score (nSPS) is 19.9. The largest absolute Gasteiger partial charge is 0.482 e. The van der Waals surface area contributed by atoms with Crippen LogP contribution in [-0.4, -0.2) is 72.6 Å². The molecule has 2 aliphatic rings. The van der Waals surface area contributed by atoms with Crippen LogP contribution in [0.15, 0.2) is 12.1 Å². The van der Waals surface area contributed by atoms with Gasteiger partial charge in [-0.3, -0.25) is 14.6 Å². The van der Waals surface area contributed by atoms with Gasteiger partial charge >= 0.3 is 0 Å². The Balaban J connectivity index is 1.44. The number of ether oxygens (including phenoxy) is 2. The Morgan fingerprint density at radius 2 is 1.97 bits per heavy atom. The first-order valence-corrected chi connectivity index (χ1v) is 10.8. The summed E-state index contributed by atoms with van der Waals surface area (Å²) in [5.41, 5.74) is 1.84. The van der Waals surface area contributed by atoms with Crippen molar-refractivity contribution in [2.24, 2.45) is 5.92 Å². The van der Waals surface area contributed by atoms with Gasteiger partial charge in [-0.1, -0.05) is 6.92 Å². The molecular formula is C22H33N3O4. The van der Waals surface area contributed by atoms with Crippen molar-refractivity contribution in [2.75, 3.05) is 46.0 Å². The van der Waals surface area contributed by atoms with E-state index in [1.54, 1.807) is 0 Å². The van der Waals surface area contributed by atoms with Crippen LogP contribution in [0.25, 0.3) is 0 Å². The van der Waals surface area contributed by atoms with E-state index in [4.69, 9.17) is 9.47 Å². The Bertz CT molecular complexity index is 703. The average molecular weight is 404 g/mol. The maximum atomic E-state index is 12.7. The van der Waals surface area contributed by atoms with Crippen LogP contribution in [0.3, 0.4) is 0 Å². The predicted molar refractivity (Wildman–Crippen MR) is 110 cm³/mol. The van der Waals surface area contributed by atoms with Crippen LogP contribution < -0.4 is 4.74 Å². The second-order valence-electron chi connectivity index (χ2n) is 7.92. The first-order chi connectivity index (χ1) is 14.1. The molecule has 0 N–H and O–H groups in total. The van der Waals surface area contributed by atoms with Crippen molar-refractivity contribution in [2.45, 2.75) is 46.0 Å². The number of rotatable bonds is 7. The number of amides is 2. The lowest BCUT2D eigenvalue weighted by molar-refractivity contribution is -0.136. The van der Waals surface area contributed by atoms with Crippen molar-refractivity contribution in [1.82, 2.24) is 14.8 Å². The summed E-state index contributed by atoms with van der Waals surface area (Å²) in [4.78, 5) is 33.3. The highest BCUT2D eigenvalue weighted by Crippen LogP contribution is 2.22. The maximum Gasteiger partial charge on any atom is 0.260 e. The van der Waals surface area contributed by atoms with Crippen LogP contribution in [0, 0.1) is 12.8 Å². The number of nitrogens with zero attached hydrogens (tertiary/aromatic N) is 3. The summed E-state index contributed by atoms with van der Waals surface area (Å²) < 4.78 is 11.1.